The van der Waals surface area contributed by atoms with Crippen molar-refractivity contribution in [1.29, 1.82) is 0 Å². The maximum atomic E-state index is 12.9. The van der Waals surface area contributed by atoms with Crippen molar-refractivity contribution in [3.8, 4) is 5.75 Å². The number of hydrogen-bond acceptors (Lipinski definition) is 6. The van der Waals surface area contributed by atoms with Gasteiger partial charge < -0.3 is 19.2 Å². The monoisotopic (exact) mass is 499 g/mol. The fraction of sp³-hybridized carbons (Fsp3) is 0.370. The van der Waals surface area contributed by atoms with E-state index in [0.29, 0.717) is 17.4 Å². The van der Waals surface area contributed by atoms with Crippen LogP contribution in [0.5, 0.6) is 5.75 Å². The number of halogens is 1. The van der Waals surface area contributed by atoms with Crippen LogP contribution in [0.2, 0.25) is 5.02 Å². The second-order valence-electron chi connectivity index (χ2n) is 9.72. The van der Waals surface area contributed by atoms with Gasteiger partial charge in [0, 0.05) is 23.4 Å². The lowest BCUT2D eigenvalue weighted by atomic mass is 9.99. The Bertz CT molecular complexity index is 1290. The van der Waals surface area contributed by atoms with Crippen molar-refractivity contribution in [3.05, 3.63) is 74.6 Å². The summed E-state index contributed by atoms with van der Waals surface area (Å²) in [6, 6.07) is 11.7. The van der Waals surface area contributed by atoms with Gasteiger partial charge in [-0.25, -0.2) is 14.4 Å². The van der Waals surface area contributed by atoms with Crippen LogP contribution >= 0.6 is 11.6 Å². The third-order valence-corrected chi connectivity index (χ3v) is 5.66. The van der Waals surface area contributed by atoms with Crippen LogP contribution in [0.1, 0.15) is 51.3 Å². The Labute approximate surface area is 209 Å². The molecule has 1 heterocycles. The van der Waals surface area contributed by atoms with Crippen LogP contribution in [-0.4, -0.2) is 23.7 Å². The Kier molecular flexibility index (Phi) is 7.90. The summed E-state index contributed by atoms with van der Waals surface area (Å²) in [6.07, 6.45) is -0.309. The van der Waals surface area contributed by atoms with Gasteiger partial charge in [-0.2, -0.15) is 0 Å². The molecular weight excluding hydrogens is 470 g/mol. The Hall–Kier alpha value is -3.32. The van der Waals surface area contributed by atoms with Crippen molar-refractivity contribution in [3.63, 3.8) is 0 Å². The Balaban J connectivity index is 1.88. The van der Waals surface area contributed by atoms with Crippen molar-refractivity contribution in [1.82, 2.24) is 5.32 Å². The van der Waals surface area contributed by atoms with Crippen molar-refractivity contribution in [2.75, 3.05) is 0 Å². The van der Waals surface area contributed by atoms with Gasteiger partial charge in [-0.15, -0.1) is 0 Å². The third kappa shape index (κ3) is 6.63. The zero-order chi connectivity index (χ0) is 25.9. The topological polar surface area (TPSA) is 94.8 Å². The van der Waals surface area contributed by atoms with E-state index in [1.165, 1.54) is 6.07 Å². The summed E-state index contributed by atoms with van der Waals surface area (Å²) in [5.74, 6) is -0.971. The Morgan fingerprint density at radius 2 is 1.77 bits per heavy atom. The van der Waals surface area contributed by atoms with Crippen LogP contribution in [0.25, 0.3) is 11.0 Å². The molecule has 0 aliphatic carbocycles. The number of carbonyl (C=O) groups excluding carboxylic acids is 2. The molecule has 3 aromatic rings. The van der Waals surface area contributed by atoms with E-state index >= 15 is 0 Å². The summed E-state index contributed by atoms with van der Waals surface area (Å²) in [4.78, 5) is 37.8. The van der Waals surface area contributed by atoms with E-state index in [-0.39, 0.29) is 22.3 Å². The highest BCUT2D eigenvalue weighted by atomic mass is 35.5. The first-order chi connectivity index (χ1) is 16.4. The van der Waals surface area contributed by atoms with Gasteiger partial charge in [-0.1, -0.05) is 55.8 Å². The predicted octanol–water partition coefficient (Wildman–Crippen LogP) is 5.80. The molecule has 7 nitrogen and oxygen atoms in total. The number of fused-ring (bicyclic) bond motifs is 1. The van der Waals surface area contributed by atoms with Crippen LogP contribution in [0.15, 0.2) is 51.7 Å². The number of carbonyl (C=O) groups is 2. The molecule has 0 saturated carbocycles. The summed E-state index contributed by atoms with van der Waals surface area (Å²) in [6.45, 7) is 10.5. The molecule has 1 atom stereocenters. The minimum atomic E-state index is -0.974. The van der Waals surface area contributed by atoms with Crippen molar-refractivity contribution < 1.29 is 23.5 Å². The first-order valence-corrected chi connectivity index (χ1v) is 11.7. The number of aryl methyl sites for hydroxylation is 1. The average Bonchev–Trinajstić information content (AvgIpc) is 2.75. The highest BCUT2D eigenvalue weighted by molar-refractivity contribution is 6.33. The van der Waals surface area contributed by atoms with Gasteiger partial charge in [0.25, 0.3) is 0 Å². The zero-order valence-corrected chi connectivity index (χ0v) is 21.5. The van der Waals surface area contributed by atoms with Crippen molar-refractivity contribution >= 4 is 34.6 Å². The summed E-state index contributed by atoms with van der Waals surface area (Å²) in [5, 5.41) is 3.37. The van der Waals surface area contributed by atoms with Gasteiger partial charge in [0.15, 0.2) is 5.75 Å². The minimum absolute atomic E-state index is 0.0270. The van der Waals surface area contributed by atoms with Crippen LogP contribution in [-0.2, 0) is 16.0 Å². The first kappa shape index (κ1) is 26.3. The second kappa shape index (κ2) is 10.5. The standard InChI is InChI=1S/C27H30ClNO6/c1-15(2)23(29-26(32)35-27(4,5)6)25(31)34-22-14-21-18(13-20(22)28)16(3)19(24(30)33-21)12-17-10-8-7-9-11-17/h7-11,13-15,23H,12H2,1-6H3,(H,29,32). The van der Waals surface area contributed by atoms with E-state index in [1.807, 2.05) is 37.3 Å². The number of esters is 1. The first-order valence-electron chi connectivity index (χ1n) is 11.4. The minimum Gasteiger partial charge on any atom is -0.444 e. The molecule has 0 saturated heterocycles. The van der Waals surface area contributed by atoms with Gasteiger partial charge in [0.05, 0.1) is 5.02 Å². The molecule has 0 radical (unpaired) electrons. The molecule has 0 aliphatic heterocycles. The molecule has 0 aliphatic rings. The largest absolute Gasteiger partial charge is 0.444 e. The van der Waals surface area contributed by atoms with E-state index in [2.05, 4.69) is 5.32 Å². The van der Waals surface area contributed by atoms with Crippen molar-refractivity contribution in [2.45, 2.75) is 59.6 Å². The molecule has 0 spiro atoms. The maximum absolute atomic E-state index is 12.9. The molecule has 1 unspecified atom stereocenters. The Morgan fingerprint density at radius 1 is 1.11 bits per heavy atom. The quantitative estimate of drug-likeness (QED) is 0.261. The lowest BCUT2D eigenvalue weighted by molar-refractivity contribution is -0.137. The molecule has 0 fully saturated rings. The van der Waals surface area contributed by atoms with Crippen LogP contribution < -0.4 is 15.7 Å². The third-order valence-electron chi connectivity index (χ3n) is 5.37. The molecule has 1 amide bonds. The van der Waals surface area contributed by atoms with E-state index in [9.17, 15) is 14.4 Å². The fourth-order valence-corrected chi connectivity index (χ4v) is 3.78. The predicted molar refractivity (Wildman–Crippen MR) is 135 cm³/mol. The molecule has 186 valence electrons. The smallest absolute Gasteiger partial charge is 0.408 e. The van der Waals surface area contributed by atoms with Gasteiger partial charge in [0.1, 0.15) is 17.2 Å². The van der Waals surface area contributed by atoms with Crippen LogP contribution in [0.3, 0.4) is 0 Å². The molecule has 1 aromatic heterocycles. The number of rotatable bonds is 6. The fourth-order valence-electron chi connectivity index (χ4n) is 3.58. The zero-order valence-electron chi connectivity index (χ0n) is 20.7. The van der Waals surface area contributed by atoms with Crippen LogP contribution in [0.4, 0.5) is 4.79 Å². The molecule has 2 aromatic carbocycles. The lowest BCUT2D eigenvalue weighted by Gasteiger charge is -2.24. The number of amides is 1. The molecule has 35 heavy (non-hydrogen) atoms. The van der Waals surface area contributed by atoms with Gasteiger partial charge >= 0.3 is 17.7 Å². The highest BCUT2D eigenvalue weighted by Gasteiger charge is 2.29. The van der Waals surface area contributed by atoms with E-state index < -0.39 is 29.3 Å². The summed E-state index contributed by atoms with van der Waals surface area (Å²) in [7, 11) is 0. The number of hydrogen-bond donors (Lipinski definition) is 1. The summed E-state index contributed by atoms with van der Waals surface area (Å²) >= 11 is 6.44. The van der Waals surface area contributed by atoms with Gasteiger partial charge in [-0.05, 0) is 50.8 Å². The number of nitrogens with one attached hydrogen (secondary N) is 1. The molecule has 1 N–H and O–H groups in total. The normalized spacial score (nSPS) is 12.5. The van der Waals surface area contributed by atoms with Crippen molar-refractivity contribution in [2.24, 2.45) is 5.92 Å². The number of benzene rings is 2. The molecule has 3 rings (SSSR count). The molecule has 8 heteroatoms. The van der Waals surface area contributed by atoms with Gasteiger partial charge in [0.2, 0.25) is 0 Å². The molecular formula is C27H30ClNO6. The Morgan fingerprint density at radius 3 is 2.37 bits per heavy atom. The number of ether oxygens (including phenoxy) is 2. The van der Waals surface area contributed by atoms with E-state index in [4.69, 9.17) is 25.5 Å². The average molecular weight is 500 g/mol. The highest BCUT2D eigenvalue weighted by Crippen LogP contribution is 2.32. The molecule has 0 bridgehead atoms. The maximum Gasteiger partial charge on any atom is 0.408 e. The second-order valence-corrected chi connectivity index (χ2v) is 10.1. The summed E-state index contributed by atoms with van der Waals surface area (Å²) < 4.78 is 16.3. The summed E-state index contributed by atoms with van der Waals surface area (Å²) in [5.41, 5.74) is 1.32. The SMILES string of the molecule is Cc1c(Cc2ccccc2)c(=O)oc2cc(OC(=O)C(NC(=O)OC(C)(C)C)C(C)C)c(Cl)cc12. The van der Waals surface area contributed by atoms with E-state index in [0.717, 1.165) is 11.1 Å². The van der Waals surface area contributed by atoms with E-state index in [1.54, 1.807) is 40.7 Å². The number of alkyl carbamates (subject to hydrolysis) is 1. The lowest BCUT2D eigenvalue weighted by Crippen LogP contribution is -2.48. The van der Waals surface area contributed by atoms with Crippen LogP contribution in [0, 0.1) is 12.8 Å². The van der Waals surface area contributed by atoms with Gasteiger partial charge in [-0.3, -0.25) is 0 Å².